The number of amides is 2. The fourth-order valence-electron chi connectivity index (χ4n) is 3.57. The van der Waals surface area contributed by atoms with E-state index in [1.54, 1.807) is 0 Å². The van der Waals surface area contributed by atoms with E-state index in [1.807, 2.05) is 24.3 Å². The van der Waals surface area contributed by atoms with Crippen molar-refractivity contribution in [1.82, 2.24) is 16.0 Å². The smallest absolute Gasteiger partial charge is 0.254 e. The van der Waals surface area contributed by atoms with Crippen molar-refractivity contribution < 1.29 is 9.59 Å². The normalized spacial score (nSPS) is 34.3. The van der Waals surface area contributed by atoms with E-state index in [4.69, 9.17) is 12.2 Å². The number of thiocarbonyl (C=S) groups is 1. The van der Waals surface area contributed by atoms with E-state index >= 15 is 0 Å². The molecule has 4 N–H and O–H groups in total. The van der Waals surface area contributed by atoms with E-state index < -0.39 is 11.0 Å². The molecule has 0 aliphatic carbocycles. The minimum atomic E-state index is -1.05. The Kier molecular flexibility index (Phi) is 2.10. The van der Waals surface area contributed by atoms with Gasteiger partial charge in [0.2, 0.25) is 5.91 Å². The monoisotopic (exact) mass is 288 g/mol. The zero-order valence-electron chi connectivity index (χ0n) is 10.4. The molecule has 1 aromatic rings. The van der Waals surface area contributed by atoms with Crippen LogP contribution in [0.1, 0.15) is 5.56 Å². The summed E-state index contributed by atoms with van der Waals surface area (Å²) in [5.41, 5.74) is -0.426. The molecular weight excluding hydrogens is 276 g/mol. The van der Waals surface area contributed by atoms with Crippen molar-refractivity contribution >= 4 is 34.8 Å². The lowest BCUT2D eigenvalue weighted by Gasteiger charge is -2.35. The molecule has 0 bridgehead atoms. The quantitative estimate of drug-likeness (QED) is 0.471. The Balaban J connectivity index is 1.98. The maximum absolute atomic E-state index is 12.7. The van der Waals surface area contributed by atoms with E-state index in [0.717, 1.165) is 11.3 Å². The first-order valence-electron chi connectivity index (χ1n) is 6.35. The summed E-state index contributed by atoms with van der Waals surface area (Å²) in [6, 6.07) is 7.47. The van der Waals surface area contributed by atoms with Crippen molar-refractivity contribution in [3.8, 4) is 0 Å². The molecular formula is C13H12N4O2S. The van der Waals surface area contributed by atoms with Crippen LogP contribution in [0.3, 0.4) is 0 Å². The van der Waals surface area contributed by atoms with E-state index in [2.05, 4.69) is 21.3 Å². The van der Waals surface area contributed by atoms with Crippen LogP contribution < -0.4 is 21.3 Å². The van der Waals surface area contributed by atoms with Crippen molar-refractivity contribution in [2.75, 3.05) is 18.4 Å². The molecule has 6 nitrogen and oxygen atoms in total. The first kappa shape index (κ1) is 11.8. The summed E-state index contributed by atoms with van der Waals surface area (Å²) in [6.07, 6.45) is 0. The van der Waals surface area contributed by atoms with Crippen LogP contribution in [0, 0.1) is 0 Å². The third kappa shape index (κ3) is 1.11. The summed E-state index contributed by atoms with van der Waals surface area (Å²) in [5, 5.41) is 12.0. The molecule has 102 valence electrons. The summed E-state index contributed by atoms with van der Waals surface area (Å²) in [4.78, 5) is 25.1. The Labute approximate surface area is 120 Å². The first-order valence-corrected chi connectivity index (χ1v) is 6.76. The fourth-order valence-corrected chi connectivity index (χ4v) is 3.84. The summed E-state index contributed by atoms with van der Waals surface area (Å²) in [6.45, 7) is 0.763. The number of nitrogens with one attached hydrogen (secondary N) is 4. The van der Waals surface area contributed by atoms with Gasteiger partial charge >= 0.3 is 0 Å². The highest BCUT2D eigenvalue weighted by atomic mass is 32.1. The molecule has 2 unspecified atom stereocenters. The number of carbonyl (C=O) groups excluding carboxylic acids is 2. The molecule has 7 heteroatoms. The number of rotatable bonds is 0. The zero-order valence-corrected chi connectivity index (χ0v) is 11.3. The Morgan fingerprint density at radius 1 is 1.05 bits per heavy atom. The van der Waals surface area contributed by atoms with Crippen LogP contribution in [0.15, 0.2) is 24.3 Å². The van der Waals surface area contributed by atoms with Crippen molar-refractivity contribution in [3.05, 3.63) is 29.8 Å². The maximum atomic E-state index is 12.7. The predicted molar refractivity (Wildman–Crippen MR) is 76.2 cm³/mol. The number of carbonyl (C=O) groups is 2. The molecule has 3 aliphatic rings. The molecule has 0 aromatic heterocycles. The molecule has 4 rings (SSSR count). The first-order chi connectivity index (χ1) is 9.60. The molecule has 1 aromatic carbocycles. The van der Waals surface area contributed by atoms with Crippen LogP contribution in [0.2, 0.25) is 0 Å². The Bertz CT molecular complexity index is 676. The molecule has 0 radical (unpaired) electrons. The second-order valence-electron chi connectivity index (χ2n) is 5.32. The SMILES string of the molecule is O=C1NC(=S)NC12CNCC21C(=O)Nc2ccccc21. The highest BCUT2D eigenvalue weighted by molar-refractivity contribution is 7.80. The van der Waals surface area contributed by atoms with Gasteiger partial charge in [0.1, 0.15) is 5.41 Å². The average Bonchev–Trinajstić information content (AvgIpc) is 3.02. The van der Waals surface area contributed by atoms with Crippen LogP contribution >= 0.6 is 12.2 Å². The van der Waals surface area contributed by atoms with Gasteiger partial charge in [-0.05, 0) is 23.8 Å². The average molecular weight is 288 g/mol. The number of benzene rings is 1. The number of fused-ring (bicyclic) bond motifs is 3. The Morgan fingerprint density at radius 2 is 1.85 bits per heavy atom. The summed E-state index contributed by atoms with van der Waals surface area (Å²) < 4.78 is 0. The second-order valence-corrected chi connectivity index (χ2v) is 5.73. The van der Waals surface area contributed by atoms with Crippen molar-refractivity contribution in [2.24, 2.45) is 0 Å². The molecule has 2 saturated heterocycles. The van der Waals surface area contributed by atoms with Crippen LogP contribution in [-0.4, -0.2) is 35.6 Å². The predicted octanol–water partition coefficient (Wildman–Crippen LogP) is -0.777. The largest absolute Gasteiger partial charge is 0.346 e. The van der Waals surface area contributed by atoms with Gasteiger partial charge in [-0.1, -0.05) is 18.2 Å². The van der Waals surface area contributed by atoms with Crippen molar-refractivity contribution in [3.63, 3.8) is 0 Å². The lowest BCUT2D eigenvalue weighted by Crippen LogP contribution is -2.65. The number of para-hydroxylation sites is 1. The molecule has 2 fully saturated rings. The lowest BCUT2D eigenvalue weighted by molar-refractivity contribution is -0.131. The van der Waals surface area contributed by atoms with Gasteiger partial charge in [0.15, 0.2) is 10.7 Å². The summed E-state index contributed by atoms with van der Waals surface area (Å²) in [7, 11) is 0. The van der Waals surface area contributed by atoms with E-state index in [9.17, 15) is 9.59 Å². The Hall–Kier alpha value is -1.99. The highest BCUT2D eigenvalue weighted by Gasteiger charge is 2.69. The van der Waals surface area contributed by atoms with Crippen LogP contribution in [0.4, 0.5) is 5.69 Å². The minimum absolute atomic E-state index is 0.170. The van der Waals surface area contributed by atoms with E-state index in [1.165, 1.54) is 0 Å². The van der Waals surface area contributed by atoms with Gasteiger partial charge < -0.3 is 21.3 Å². The molecule has 2 spiro atoms. The Morgan fingerprint density at radius 3 is 2.60 bits per heavy atom. The topological polar surface area (TPSA) is 82.3 Å². The standard InChI is InChI=1S/C13H12N4O2S/c18-9-12(7-3-1-2-4-8(7)15-9)5-14-6-13(12)10(19)16-11(20)17-13/h1-4,14H,5-6H2,(H,15,18)(H2,16,17,19,20). The van der Waals surface area contributed by atoms with Crippen LogP contribution in [-0.2, 0) is 15.0 Å². The van der Waals surface area contributed by atoms with Gasteiger partial charge in [0.05, 0.1) is 0 Å². The molecule has 3 aliphatic heterocycles. The van der Waals surface area contributed by atoms with Gasteiger partial charge in [-0.3, -0.25) is 9.59 Å². The summed E-state index contributed by atoms with van der Waals surface area (Å²) >= 11 is 5.06. The molecule has 2 atom stereocenters. The van der Waals surface area contributed by atoms with Crippen LogP contribution in [0.5, 0.6) is 0 Å². The van der Waals surface area contributed by atoms with Gasteiger partial charge in [-0.25, -0.2) is 0 Å². The summed E-state index contributed by atoms with van der Waals surface area (Å²) in [5.74, 6) is -0.421. The molecule has 3 heterocycles. The maximum Gasteiger partial charge on any atom is 0.254 e. The number of hydrogen-bond donors (Lipinski definition) is 4. The highest BCUT2D eigenvalue weighted by Crippen LogP contribution is 2.48. The zero-order chi connectivity index (χ0) is 14.0. The minimum Gasteiger partial charge on any atom is -0.346 e. The van der Waals surface area contributed by atoms with Crippen LogP contribution in [0.25, 0.3) is 0 Å². The third-order valence-electron chi connectivity index (χ3n) is 4.47. The fraction of sp³-hybridized carbons (Fsp3) is 0.308. The number of hydrogen-bond acceptors (Lipinski definition) is 4. The molecule has 2 amide bonds. The van der Waals surface area contributed by atoms with Gasteiger partial charge in [-0.15, -0.1) is 0 Å². The van der Waals surface area contributed by atoms with Gasteiger partial charge in [-0.2, -0.15) is 0 Å². The number of anilines is 1. The van der Waals surface area contributed by atoms with E-state index in [0.29, 0.717) is 13.1 Å². The molecule has 0 saturated carbocycles. The van der Waals surface area contributed by atoms with Crippen molar-refractivity contribution in [2.45, 2.75) is 11.0 Å². The lowest BCUT2D eigenvalue weighted by atomic mass is 9.68. The van der Waals surface area contributed by atoms with Gasteiger partial charge in [0.25, 0.3) is 5.91 Å². The third-order valence-corrected chi connectivity index (χ3v) is 4.68. The van der Waals surface area contributed by atoms with Crippen molar-refractivity contribution in [1.29, 1.82) is 0 Å². The van der Waals surface area contributed by atoms with E-state index in [-0.39, 0.29) is 16.9 Å². The van der Waals surface area contributed by atoms with Gasteiger partial charge in [0, 0.05) is 18.8 Å². The second kappa shape index (κ2) is 3.56. The molecule has 20 heavy (non-hydrogen) atoms.